The van der Waals surface area contributed by atoms with E-state index in [4.69, 9.17) is 22.2 Å². The predicted octanol–water partition coefficient (Wildman–Crippen LogP) is 4.43. The summed E-state index contributed by atoms with van der Waals surface area (Å²) in [6.07, 6.45) is 4.38. The molecule has 0 aliphatic rings. The van der Waals surface area contributed by atoms with E-state index in [1.165, 1.54) is 0 Å². The van der Waals surface area contributed by atoms with Gasteiger partial charge in [0, 0.05) is 0 Å². The van der Waals surface area contributed by atoms with Crippen molar-refractivity contribution < 1.29 is 0 Å². The third-order valence-corrected chi connectivity index (χ3v) is 4.71. The van der Waals surface area contributed by atoms with Gasteiger partial charge in [0.15, 0.2) is 14.8 Å². The highest BCUT2D eigenvalue weighted by atomic mass is 35.6. The molecule has 72 valence electrons. The van der Waals surface area contributed by atoms with Crippen LogP contribution in [0.15, 0.2) is 12.2 Å². The summed E-state index contributed by atoms with van der Waals surface area (Å²) in [4.78, 5) is 0. The molecule has 0 aliphatic carbocycles. The first-order valence-corrected chi connectivity index (χ1v) is 12.7. The maximum atomic E-state index is 6.15. The number of halogens is 2. The van der Waals surface area contributed by atoms with Crippen LogP contribution < -0.4 is 0 Å². The molecule has 0 bridgehead atoms. The molecule has 0 saturated heterocycles. The third kappa shape index (κ3) is 10.8. The molecule has 0 unspecified atom stereocenters. The first kappa shape index (κ1) is 12.8. The molecular weight excluding hydrogens is 223 g/mol. The van der Waals surface area contributed by atoms with E-state index in [0.29, 0.717) is 0 Å². The summed E-state index contributed by atoms with van der Waals surface area (Å²) >= 11 is 12.3. The molecule has 4 heteroatoms. The van der Waals surface area contributed by atoms with Crippen LogP contribution in [0.3, 0.4) is 0 Å². The highest BCUT2D eigenvalue weighted by Gasteiger charge is 2.16. The second-order valence-corrected chi connectivity index (χ2v) is 18.1. The zero-order valence-electron chi connectivity index (χ0n) is 8.32. The lowest BCUT2D eigenvalue weighted by atomic mass is 10.6. The zero-order chi connectivity index (χ0) is 9.83. The molecule has 0 nitrogen and oxygen atoms in total. The Morgan fingerprint density at radius 3 is 1.25 bits per heavy atom. The summed E-state index contributed by atoms with van der Waals surface area (Å²) in [5, 5.41) is 0. The molecule has 0 heterocycles. The van der Waals surface area contributed by atoms with E-state index in [0.717, 1.165) is 12.1 Å². The van der Waals surface area contributed by atoms with Gasteiger partial charge in [-0.15, -0.1) is 0 Å². The van der Waals surface area contributed by atoms with Crippen LogP contribution in [0.1, 0.15) is 0 Å². The molecule has 0 saturated carbocycles. The summed E-state index contributed by atoms with van der Waals surface area (Å²) in [6.45, 7) is 8.62. The Bertz CT molecular complexity index is 135. The van der Waals surface area contributed by atoms with Crippen LogP contribution in [-0.4, -0.2) is 14.8 Å². The Morgan fingerprint density at radius 2 is 1.08 bits per heavy atom. The van der Waals surface area contributed by atoms with E-state index in [9.17, 15) is 0 Å². The normalized spacial score (nSPS) is 14.2. The average molecular weight is 241 g/mol. The smallest absolute Gasteiger partial charge is 0.154 e. The van der Waals surface area contributed by atoms with Crippen LogP contribution in [-0.2, 0) is 0 Å². The van der Waals surface area contributed by atoms with Crippen LogP contribution >= 0.6 is 22.2 Å². The van der Waals surface area contributed by atoms with Crippen LogP contribution in [0.5, 0.6) is 0 Å². The molecule has 0 fully saturated rings. The Balaban J connectivity index is 3.66. The largest absolute Gasteiger partial charge is 0.167 e. The summed E-state index contributed by atoms with van der Waals surface area (Å²) < 4.78 is 0. The van der Waals surface area contributed by atoms with Crippen molar-refractivity contribution in [3.63, 3.8) is 0 Å². The first-order chi connectivity index (χ1) is 5.21. The molecule has 0 spiro atoms. The van der Waals surface area contributed by atoms with Crippen LogP contribution in [0, 0.1) is 0 Å². The van der Waals surface area contributed by atoms with Crippen molar-refractivity contribution in [2.45, 2.75) is 38.3 Å². The van der Waals surface area contributed by atoms with Crippen LogP contribution in [0.4, 0.5) is 0 Å². The van der Waals surface area contributed by atoms with Crippen molar-refractivity contribution in [1.82, 2.24) is 0 Å². The lowest BCUT2D eigenvalue weighted by Crippen LogP contribution is -2.15. The average Bonchev–Trinajstić information content (AvgIpc) is 1.76. The number of hydrogen-bond acceptors (Lipinski definition) is 0. The van der Waals surface area contributed by atoms with Gasteiger partial charge in [0.1, 0.15) is 0 Å². The molecular formula is C8H18Cl2Si2. The molecule has 0 aromatic carbocycles. The Hall–Kier alpha value is 0.754. The van der Waals surface area contributed by atoms with Gasteiger partial charge < -0.3 is 0 Å². The van der Waals surface area contributed by atoms with Gasteiger partial charge in [0.2, 0.25) is 0 Å². The Morgan fingerprint density at radius 1 is 0.833 bits per heavy atom. The molecule has 12 heavy (non-hydrogen) atoms. The maximum Gasteiger partial charge on any atom is 0.154 e. The van der Waals surface area contributed by atoms with E-state index in [-0.39, 0.29) is 0 Å². The van der Waals surface area contributed by atoms with Crippen molar-refractivity contribution >= 4 is 36.9 Å². The second-order valence-electron chi connectivity index (χ2n) is 4.32. The molecule has 0 aliphatic heterocycles. The van der Waals surface area contributed by atoms with E-state index in [1.54, 1.807) is 0 Å². The van der Waals surface area contributed by atoms with Crippen molar-refractivity contribution in [3.05, 3.63) is 12.2 Å². The van der Waals surface area contributed by atoms with Gasteiger partial charge >= 0.3 is 0 Å². The van der Waals surface area contributed by atoms with E-state index in [2.05, 4.69) is 38.3 Å². The standard InChI is InChI=1S/C8H18Cl2Si2/c1-11(2,9)7-5-6-8-12(3,4)10/h5-6H,7-8H2,1-4H3. The van der Waals surface area contributed by atoms with Gasteiger partial charge in [-0.2, -0.15) is 22.2 Å². The molecule has 0 atom stereocenters. The van der Waals surface area contributed by atoms with Crippen LogP contribution in [0.2, 0.25) is 38.3 Å². The molecule has 0 N–H and O–H groups in total. The van der Waals surface area contributed by atoms with Crippen molar-refractivity contribution in [2.24, 2.45) is 0 Å². The Labute approximate surface area is 87.4 Å². The van der Waals surface area contributed by atoms with Gasteiger partial charge in [-0.1, -0.05) is 38.3 Å². The SMILES string of the molecule is C[Si](C)(Cl)CC=CC[Si](C)(C)Cl. The third-order valence-electron chi connectivity index (χ3n) is 1.37. The van der Waals surface area contributed by atoms with E-state index >= 15 is 0 Å². The molecule has 0 aromatic rings. The Kier molecular flexibility index (Phi) is 5.15. The number of rotatable bonds is 4. The molecule has 0 amide bonds. The van der Waals surface area contributed by atoms with Crippen molar-refractivity contribution in [1.29, 1.82) is 0 Å². The summed E-state index contributed by atoms with van der Waals surface area (Å²) in [5.41, 5.74) is 0. The highest BCUT2D eigenvalue weighted by Crippen LogP contribution is 2.17. The topological polar surface area (TPSA) is 0 Å². The van der Waals surface area contributed by atoms with Crippen LogP contribution in [0.25, 0.3) is 0 Å². The minimum absolute atomic E-state index is 1.05. The van der Waals surface area contributed by atoms with E-state index < -0.39 is 14.8 Å². The fourth-order valence-electron chi connectivity index (χ4n) is 0.727. The maximum absolute atomic E-state index is 6.15. The van der Waals surface area contributed by atoms with Gasteiger partial charge in [0.25, 0.3) is 0 Å². The second kappa shape index (κ2) is 4.84. The monoisotopic (exact) mass is 240 g/mol. The minimum Gasteiger partial charge on any atom is -0.167 e. The summed E-state index contributed by atoms with van der Waals surface area (Å²) in [7, 11) is -2.79. The quantitative estimate of drug-likeness (QED) is 0.388. The first-order valence-electron chi connectivity index (χ1n) is 4.23. The molecule has 0 radical (unpaired) electrons. The minimum atomic E-state index is -1.40. The van der Waals surface area contributed by atoms with E-state index in [1.807, 2.05) is 0 Å². The number of hydrogen-bond donors (Lipinski definition) is 0. The lowest BCUT2D eigenvalue weighted by Gasteiger charge is -2.10. The molecule has 0 rings (SSSR count). The van der Waals surface area contributed by atoms with Gasteiger partial charge in [-0.05, 0) is 12.1 Å². The van der Waals surface area contributed by atoms with Gasteiger partial charge in [-0.3, -0.25) is 0 Å². The number of allylic oxidation sites excluding steroid dienone is 2. The molecule has 0 aromatic heterocycles. The predicted molar refractivity (Wildman–Crippen MR) is 65.4 cm³/mol. The summed E-state index contributed by atoms with van der Waals surface area (Å²) in [5.74, 6) is 0. The van der Waals surface area contributed by atoms with Gasteiger partial charge in [-0.25, -0.2) is 0 Å². The van der Waals surface area contributed by atoms with Crippen molar-refractivity contribution in [3.8, 4) is 0 Å². The lowest BCUT2D eigenvalue weighted by molar-refractivity contribution is 1.50. The fraction of sp³-hybridized carbons (Fsp3) is 0.750. The zero-order valence-corrected chi connectivity index (χ0v) is 11.8. The summed E-state index contributed by atoms with van der Waals surface area (Å²) in [6, 6.07) is 2.10. The van der Waals surface area contributed by atoms with Gasteiger partial charge in [0.05, 0.1) is 0 Å². The van der Waals surface area contributed by atoms with Crippen molar-refractivity contribution in [2.75, 3.05) is 0 Å². The fourth-order valence-corrected chi connectivity index (χ4v) is 2.72. The highest BCUT2D eigenvalue weighted by molar-refractivity contribution is 7.19.